The average Bonchev–Trinajstić information content (AvgIpc) is 1.98. The first-order valence-electron chi connectivity index (χ1n) is 4.41. The SMILES string of the molecule is CC(C)(C)OC(=O)NC1(C)COC1=O. The molecule has 1 unspecified atom stereocenters. The quantitative estimate of drug-likeness (QED) is 0.638. The monoisotopic (exact) mass is 201 g/mol. The first-order chi connectivity index (χ1) is 6.23. The van der Waals surface area contributed by atoms with E-state index in [0.29, 0.717) is 0 Å². The van der Waals surface area contributed by atoms with Crippen LogP contribution in [0.25, 0.3) is 0 Å². The van der Waals surface area contributed by atoms with Crippen LogP contribution in [-0.4, -0.2) is 29.8 Å². The number of carbonyl (C=O) groups is 2. The Morgan fingerprint density at radius 1 is 1.57 bits per heavy atom. The largest absolute Gasteiger partial charge is 0.461 e. The number of rotatable bonds is 1. The molecule has 1 N–H and O–H groups in total. The van der Waals surface area contributed by atoms with Gasteiger partial charge in [0.25, 0.3) is 0 Å². The van der Waals surface area contributed by atoms with Crippen LogP contribution in [0.15, 0.2) is 0 Å². The molecule has 1 aliphatic rings. The molecular formula is C9H15NO4. The van der Waals surface area contributed by atoms with Gasteiger partial charge in [0.05, 0.1) is 0 Å². The van der Waals surface area contributed by atoms with Gasteiger partial charge in [-0.15, -0.1) is 0 Å². The molecule has 5 heteroatoms. The normalized spacial score (nSPS) is 26.1. The Bertz CT molecular complexity index is 268. The molecule has 0 aliphatic carbocycles. The molecule has 1 rings (SSSR count). The molecule has 14 heavy (non-hydrogen) atoms. The summed E-state index contributed by atoms with van der Waals surface area (Å²) in [5.41, 5.74) is -1.48. The summed E-state index contributed by atoms with van der Waals surface area (Å²) in [4.78, 5) is 22.2. The Hall–Kier alpha value is -1.26. The van der Waals surface area contributed by atoms with Crippen molar-refractivity contribution >= 4 is 12.1 Å². The third-order valence-corrected chi connectivity index (χ3v) is 1.72. The van der Waals surface area contributed by atoms with Gasteiger partial charge in [-0.2, -0.15) is 0 Å². The molecule has 1 heterocycles. The number of nitrogens with one attached hydrogen (secondary N) is 1. The fraction of sp³-hybridized carbons (Fsp3) is 0.778. The summed E-state index contributed by atoms with van der Waals surface area (Å²) in [6.45, 7) is 7.07. The summed E-state index contributed by atoms with van der Waals surface area (Å²) in [7, 11) is 0. The van der Waals surface area contributed by atoms with Crippen molar-refractivity contribution in [3.63, 3.8) is 0 Å². The Labute approximate surface area is 82.8 Å². The summed E-state index contributed by atoms with van der Waals surface area (Å²) in [5.74, 6) is -0.427. The molecule has 1 saturated heterocycles. The zero-order valence-electron chi connectivity index (χ0n) is 8.84. The number of ether oxygens (including phenoxy) is 2. The Balaban J connectivity index is 2.45. The minimum atomic E-state index is -0.914. The standard InChI is InChI=1S/C9H15NO4/c1-8(2,3)14-7(12)10-9(4)5-13-6(9)11/h5H2,1-4H3,(H,10,12). The predicted molar refractivity (Wildman–Crippen MR) is 48.7 cm³/mol. The van der Waals surface area contributed by atoms with Gasteiger partial charge in [0, 0.05) is 0 Å². The molecule has 0 spiro atoms. The molecule has 5 nitrogen and oxygen atoms in total. The van der Waals surface area contributed by atoms with E-state index in [1.54, 1.807) is 27.7 Å². The van der Waals surface area contributed by atoms with E-state index in [-0.39, 0.29) is 6.61 Å². The first kappa shape index (κ1) is 10.8. The molecule has 1 aliphatic heterocycles. The summed E-state index contributed by atoms with van der Waals surface area (Å²) < 4.78 is 9.57. The molecule has 1 fully saturated rings. The van der Waals surface area contributed by atoms with Gasteiger partial charge in [-0.05, 0) is 27.7 Å². The molecule has 1 atom stereocenters. The fourth-order valence-corrected chi connectivity index (χ4v) is 0.964. The third-order valence-electron chi connectivity index (χ3n) is 1.72. The van der Waals surface area contributed by atoms with Crippen LogP contribution in [0.2, 0.25) is 0 Å². The Morgan fingerprint density at radius 3 is 2.43 bits per heavy atom. The van der Waals surface area contributed by atoms with E-state index in [2.05, 4.69) is 10.1 Å². The predicted octanol–water partition coefficient (Wildman–Crippen LogP) is 0.827. The number of amides is 1. The molecule has 0 aromatic rings. The summed E-state index contributed by atoms with van der Waals surface area (Å²) in [6, 6.07) is 0. The van der Waals surface area contributed by atoms with Gasteiger partial charge in [-0.3, -0.25) is 0 Å². The maximum absolute atomic E-state index is 11.3. The highest BCUT2D eigenvalue weighted by molar-refractivity contribution is 5.89. The summed E-state index contributed by atoms with van der Waals surface area (Å²) in [6.07, 6.45) is -0.600. The number of cyclic esters (lactones) is 1. The van der Waals surface area contributed by atoms with E-state index in [0.717, 1.165) is 0 Å². The highest BCUT2D eigenvalue weighted by Crippen LogP contribution is 2.18. The van der Waals surface area contributed by atoms with Gasteiger partial charge >= 0.3 is 12.1 Å². The van der Waals surface area contributed by atoms with Crippen molar-refractivity contribution in [3.8, 4) is 0 Å². The lowest BCUT2D eigenvalue weighted by molar-refractivity contribution is -0.173. The van der Waals surface area contributed by atoms with Gasteiger partial charge < -0.3 is 14.8 Å². The third kappa shape index (κ3) is 2.37. The van der Waals surface area contributed by atoms with Gasteiger partial charge in [0.2, 0.25) is 0 Å². The van der Waals surface area contributed by atoms with Crippen LogP contribution in [0, 0.1) is 0 Å². The van der Waals surface area contributed by atoms with Crippen molar-refractivity contribution in [2.75, 3.05) is 6.61 Å². The van der Waals surface area contributed by atoms with Crippen molar-refractivity contribution < 1.29 is 19.1 Å². The maximum Gasteiger partial charge on any atom is 0.408 e. The summed E-state index contributed by atoms with van der Waals surface area (Å²) >= 11 is 0. The molecule has 80 valence electrons. The van der Waals surface area contributed by atoms with Crippen LogP contribution in [0.5, 0.6) is 0 Å². The van der Waals surface area contributed by atoms with Gasteiger partial charge in [-0.1, -0.05) is 0 Å². The maximum atomic E-state index is 11.3. The first-order valence-corrected chi connectivity index (χ1v) is 4.41. The van der Waals surface area contributed by atoms with E-state index in [4.69, 9.17) is 4.74 Å². The van der Waals surface area contributed by atoms with Crippen LogP contribution >= 0.6 is 0 Å². The van der Waals surface area contributed by atoms with E-state index in [9.17, 15) is 9.59 Å². The van der Waals surface area contributed by atoms with Crippen LogP contribution in [0.3, 0.4) is 0 Å². The van der Waals surface area contributed by atoms with Crippen LogP contribution < -0.4 is 5.32 Å². The lowest BCUT2D eigenvalue weighted by atomic mass is 10.0. The molecule has 1 amide bonds. The zero-order chi connectivity index (χ0) is 11.0. The Kier molecular flexibility index (Phi) is 2.43. The number of hydrogen-bond acceptors (Lipinski definition) is 4. The second-order valence-corrected chi connectivity index (χ2v) is 4.54. The van der Waals surface area contributed by atoms with Crippen molar-refractivity contribution in [2.45, 2.75) is 38.8 Å². The van der Waals surface area contributed by atoms with Crippen molar-refractivity contribution in [2.24, 2.45) is 0 Å². The van der Waals surface area contributed by atoms with Crippen LogP contribution in [0.1, 0.15) is 27.7 Å². The van der Waals surface area contributed by atoms with Crippen molar-refractivity contribution in [3.05, 3.63) is 0 Å². The molecular weight excluding hydrogens is 186 g/mol. The zero-order valence-corrected chi connectivity index (χ0v) is 8.84. The van der Waals surface area contributed by atoms with E-state index in [1.165, 1.54) is 0 Å². The molecule has 0 radical (unpaired) electrons. The smallest absolute Gasteiger partial charge is 0.408 e. The second-order valence-electron chi connectivity index (χ2n) is 4.54. The van der Waals surface area contributed by atoms with Crippen molar-refractivity contribution in [1.82, 2.24) is 5.32 Å². The lowest BCUT2D eigenvalue weighted by Crippen LogP contribution is -2.64. The highest BCUT2D eigenvalue weighted by atomic mass is 16.6. The minimum absolute atomic E-state index is 0.199. The number of esters is 1. The lowest BCUT2D eigenvalue weighted by Gasteiger charge is -2.36. The molecule has 0 bridgehead atoms. The molecule has 0 saturated carbocycles. The average molecular weight is 201 g/mol. The topological polar surface area (TPSA) is 64.6 Å². The van der Waals surface area contributed by atoms with Gasteiger partial charge in [0.15, 0.2) is 5.54 Å². The van der Waals surface area contributed by atoms with Crippen LogP contribution in [0.4, 0.5) is 4.79 Å². The Morgan fingerprint density at radius 2 is 2.14 bits per heavy atom. The highest BCUT2D eigenvalue weighted by Gasteiger charge is 2.47. The summed E-state index contributed by atoms with van der Waals surface area (Å²) in [5, 5.41) is 2.46. The van der Waals surface area contributed by atoms with Crippen LogP contribution in [-0.2, 0) is 14.3 Å². The molecule has 0 aromatic carbocycles. The van der Waals surface area contributed by atoms with E-state index < -0.39 is 23.2 Å². The van der Waals surface area contributed by atoms with E-state index >= 15 is 0 Å². The number of alkyl carbamates (subject to hydrolysis) is 1. The number of hydrogen-bond donors (Lipinski definition) is 1. The number of carbonyl (C=O) groups excluding carboxylic acids is 2. The van der Waals surface area contributed by atoms with Gasteiger partial charge in [0.1, 0.15) is 12.2 Å². The second kappa shape index (κ2) is 3.15. The van der Waals surface area contributed by atoms with Crippen molar-refractivity contribution in [1.29, 1.82) is 0 Å². The van der Waals surface area contributed by atoms with Gasteiger partial charge in [-0.25, -0.2) is 9.59 Å². The minimum Gasteiger partial charge on any atom is -0.461 e. The van der Waals surface area contributed by atoms with E-state index in [1.807, 2.05) is 0 Å². The molecule has 0 aromatic heterocycles. The fourth-order valence-electron chi connectivity index (χ4n) is 0.964.